The van der Waals surface area contributed by atoms with Crippen LogP contribution in [0.4, 0.5) is 0 Å². The van der Waals surface area contributed by atoms with Gasteiger partial charge in [-0.15, -0.1) is 0 Å². The molecule has 1 aromatic carbocycles. The number of nitrogens with zero attached hydrogens (tertiary/aromatic N) is 1. The van der Waals surface area contributed by atoms with Gasteiger partial charge in [-0.05, 0) is 29.8 Å². The van der Waals surface area contributed by atoms with E-state index in [1.165, 1.54) is 0 Å². The van der Waals surface area contributed by atoms with E-state index in [2.05, 4.69) is 4.98 Å². The summed E-state index contributed by atoms with van der Waals surface area (Å²) in [6.45, 7) is -0.0184. The Morgan fingerprint density at radius 2 is 1.95 bits per heavy atom. The minimum absolute atomic E-state index is 0.0184. The van der Waals surface area contributed by atoms with E-state index in [1.807, 2.05) is 30.3 Å². The standard InChI is InChI=1S/C15H17NO3/c1-18-13-5-6-15(19-2)12(8-13)9-14-11(10-17)4-3-7-16-14/h3-8,17H,9-10H2,1-2H3. The van der Waals surface area contributed by atoms with Crippen LogP contribution in [-0.2, 0) is 13.0 Å². The minimum Gasteiger partial charge on any atom is -0.497 e. The number of pyridine rings is 1. The summed E-state index contributed by atoms with van der Waals surface area (Å²) in [6.07, 6.45) is 2.32. The third kappa shape index (κ3) is 3.03. The Morgan fingerprint density at radius 1 is 1.11 bits per heavy atom. The van der Waals surface area contributed by atoms with E-state index in [1.54, 1.807) is 20.4 Å². The second-order valence-corrected chi connectivity index (χ2v) is 4.12. The predicted octanol–water partition coefficient (Wildman–Crippen LogP) is 2.18. The summed E-state index contributed by atoms with van der Waals surface area (Å²) in [7, 11) is 3.27. The molecule has 2 aromatic rings. The molecule has 0 bridgehead atoms. The molecule has 0 spiro atoms. The molecular weight excluding hydrogens is 242 g/mol. The first kappa shape index (κ1) is 13.4. The van der Waals surface area contributed by atoms with Crippen LogP contribution >= 0.6 is 0 Å². The number of rotatable bonds is 5. The Bertz CT molecular complexity index is 555. The maximum absolute atomic E-state index is 9.33. The number of hydrogen-bond acceptors (Lipinski definition) is 4. The van der Waals surface area contributed by atoms with Crippen LogP contribution in [-0.4, -0.2) is 24.3 Å². The molecule has 0 saturated carbocycles. The fraction of sp³-hybridized carbons (Fsp3) is 0.267. The smallest absolute Gasteiger partial charge is 0.122 e. The van der Waals surface area contributed by atoms with Gasteiger partial charge in [-0.2, -0.15) is 0 Å². The van der Waals surface area contributed by atoms with Crippen LogP contribution in [0.2, 0.25) is 0 Å². The fourth-order valence-corrected chi connectivity index (χ4v) is 1.97. The number of ether oxygens (including phenoxy) is 2. The summed E-state index contributed by atoms with van der Waals surface area (Å²) in [5.74, 6) is 1.56. The number of benzene rings is 1. The van der Waals surface area contributed by atoms with Gasteiger partial charge >= 0.3 is 0 Å². The summed E-state index contributed by atoms with van der Waals surface area (Å²) < 4.78 is 10.6. The summed E-state index contributed by atoms with van der Waals surface area (Å²) in [6, 6.07) is 9.34. The van der Waals surface area contributed by atoms with Gasteiger partial charge in [0, 0.05) is 18.2 Å². The van der Waals surface area contributed by atoms with Gasteiger partial charge in [0.05, 0.1) is 26.5 Å². The van der Waals surface area contributed by atoms with Crippen LogP contribution in [0.5, 0.6) is 11.5 Å². The van der Waals surface area contributed by atoms with Crippen molar-refractivity contribution in [2.45, 2.75) is 13.0 Å². The van der Waals surface area contributed by atoms with Crippen molar-refractivity contribution in [1.29, 1.82) is 0 Å². The third-order valence-corrected chi connectivity index (χ3v) is 3.00. The highest BCUT2D eigenvalue weighted by atomic mass is 16.5. The molecule has 0 aliphatic carbocycles. The Balaban J connectivity index is 2.36. The van der Waals surface area contributed by atoms with Crippen molar-refractivity contribution >= 4 is 0 Å². The van der Waals surface area contributed by atoms with Gasteiger partial charge in [0.15, 0.2) is 0 Å². The Hall–Kier alpha value is -2.07. The average molecular weight is 259 g/mol. The quantitative estimate of drug-likeness (QED) is 0.894. The van der Waals surface area contributed by atoms with Gasteiger partial charge in [0.2, 0.25) is 0 Å². The lowest BCUT2D eigenvalue weighted by molar-refractivity contribution is 0.280. The second-order valence-electron chi connectivity index (χ2n) is 4.12. The summed E-state index contributed by atoms with van der Waals surface area (Å²) in [5, 5.41) is 9.33. The van der Waals surface area contributed by atoms with Crippen LogP contribution < -0.4 is 9.47 Å². The van der Waals surface area contributed by atoms with Crippen molar-refractivity contribution in [1.82, 2.24) is 4.98 Å². The van der Waals surface area contributed by atoms with E-state index in [0.717, 1.165) is 28.3 Å². The van der Waals surface area contributed by atoms with Crippen molar-refractivity contribution in [2.24, 2.45) is 0 Å². The van der Waals surface area contributed by atoms with Crippen molar-refractivity contribution in [3.05, 3.63) is 53.3 Å². The van der Waals surface area contributed by atoms with Gasteiger partial charge in [0.25, 0.3) is 0 Å². The van der Waals surface area contributed by atoms with Crippen molar-refractivity contribution in [3.63, 3.8) is 0 Å². The molecule has 100 valence electrons. The van der Waals surface area contributed by atoms with Crippen LogP contribution in [0.25, 0.3) is 0 Å². The summed E-state index contributed by atoms with van der Waals surface area (Å²) in [5.41, 5.74) is 2.65. The summed E-state index contributed by atoms with van der Waals surface area (Å²) in [4.78, 5) is 4.32. The molecule has 19 heavy (non-hydrogen) atoms. The zero-order chi connectivity index (χ0) is 13.7. The molecule has 0 amide bonds. The van der Waals surface area contributed by atoms with Gasteiger partial charge < -0.3 is 14.6 Å². The monoisotopic (exact) mass is 259 g/mol. The van der Waals surface area contributed by atoms with Crippen LogP contribution in [0, 0.1) is 0 Å². The first-order valence-electron chi connectivity index (χ1n) is 6.03. The molecule has 0 radical (unpaired) electrons. The molecule has 0 aliphatic heterocycles. The first-order chi connectivity index (χ1) is 9.28. The van der Waals surface area contributed by atoms with Crippen molar-refractivity contribution < 1.29 is 14.6 Å². The first-order valence-corrected chi connectivity index (χ1v) is 6.03. The normalized spacial score (nSPS) is 10.3. The zero-order valence-electron chi connectivity index (χ0n) is 11.1. The number of hydrogen-bond donors (Lipinski definition) is 1. The molecule has 0 unspecified atom stereocenters. The van der Waals surface area contributed by atoms with E-state index in [0.29, 0.717) is 6.42 Å². The molecule has 4 nitrogen and oxygen atoms in total. The molecule has 4 heteroatoms. The Morgan fingerprint density at radius 3 is 2.63 bits per heavy atom. The van der Waals surface area contributed by atoms with E-state index in [-0.39, 0.29) is 6.61 Å². The topological polar surface area (TPSA) is 51.6 Å². The fourth-order valence-electron chi connectivity index (χ4n) is 1.97. The number of methoxy groups -OCH3 is 2. The highest BCUT2D eigenvalue weighted by molar-refractivity contribution is 5.43. The summed E-state index contributed by atoms with van der Waals surface area (Å²) >= 11 is 0. The van der Waals surface area contributed by atoms with Gasteiger partial charge in [-0.3, -0.25) is 4.98 Å². The maximum atomic E-state index is 9.33. The van der Waals surface area contributed by atoms with E-state index >= 15 is 0 Å². The molecule has 0 saturated heterocycles. The largest absolute Gasteiger partial charge is 0.497 e. The Labute approximate surface area is 112 Å². The van der Waals surface area contributed by atoms with Crippen LogP contribution in [0.3, 0.4) is 0 Å². The number of aliphatic hydroxyl groups is 1. The lowest BCUT2D eigenvalue weighted by Gasteiger charge is -2.11. The molecule has 1 aromatic heterocycles. The highest BCUT2D eigenvalue weighted by Crippen LogP contribution is 2.26. The Kier molecular flexibility index (Phi) is 4.36. The van der Waals surface area contributed by atoms with Crippen LogP contribution in [0.15, 0.2) is 36.5 Å². The van der Waals surface area contributed by atoms with E-state index in [4.69, 9.17) is 9.47 Å². The minimum atomic E-state index is -0.0184. The molecule has 2 rings (SSSR count). The SMILES string of the molecule is COc1ccc(OC)c(Cc2ncccc2CO)c1. The van der Waals surface area contributed by atoms with Crippen molar-refractivity contribution in [2.75, 3.05) is 14.2 Å². The highest BCUT2D eigenvalue weighted by Gasteiger charge is 2.09. The molecule has 0 aliphatic rings. The van der Waals surface area contributed by atoms with Crippen molar-refractivity contribution in [3.8, 4) is 11.5 Å². The van der Waals surface area contributed by atoms with Gasteiger partial charge in [0.1, 0.15) is 11.5 Å². The molecule has 0 fully saturated rings. The number of aliphatic hydroxyl groups excluding tert-OH is 1. The van der Waals surface area contributed by atoms with E-state index < -0.39 is 0 Å². The number of aromatic nitrogens is 1. The average Bonchev–Trinajstić information content (AvgIpc) is 2.47. The molecule has 1 heterocycles. The second kappa shape index (κ2) is 6.20. The predicted molar refractivity (Wildman–Crippen MR) is 72.5 cm³/mol. The lowest BCUT2D eigenvalue weighted by Crippen LogP contribution is -2.01. The van der Waals surface area contributed by atoms with Gasteiger partial charge in [-0.25, -0.2) is 0 Å². The van der Waals surface area contributed by atoms with E-state index in [9.17, 15) is 5.11 Å². The van der Waals surface area contributed by atoms with Crippen LogP contribution in [0.1, 0.15) is 16.8 Å². The van der Waals surface area contributed by atoms with Gasteiger partial charge in [-0.1, -0.05) is 6.07 Å². The zero-order valence-corrected chi connectivity index (χ0v) is 11.1. The molecular formula is C15H17NO3. The molecule has 1 N–H and O–H groups in total. The maximum Gasteiger partial charge on any atom is 0.122 e. The molecule has 0 atom stereocenters. The lowest BCUT2D eigenvalue weighted by atomic mass is 10.0. The third-order valence-electron chi connectivity index (χ3n) is 3.00.